The number of hydrogen-bond acceptors (Lipinski definition) is 4. The monoisotopic (exact) mass is 378 g/mol. The molecule has 0 radical (unpaired) electrons. The number of hydrogen-bond donors (Lipinski definition) is 0. The maximum atomic E-state index is 5.87. The summed E-state index contributed by atoms with van der Waals surface area (Å²) in [6.07, 6.45) is 2.09. The van der Waals surface area contributed by atoms with Crippen LogP contribution in [0, 0.1) is 0 Å². The van der Waals surface area contributed by atoms with Gasteiger partial charge in [0.15, 0.2) is 0 Å². The van der Waals surface area contributed by atoms with Gasteiger partial charge in [0.1, 0.15) is 11.8 Å². The van der Waals surface area contributed by atoms with Crippen molar-refractivity contribution < 1.29 is 4.84 Å². The standard InChI is InChI=1S/C23H26N2OS/c1-17(16-25(2)3)26-24-23(19-12-14-20(27-4)15-13-19)22-11-7-9-18-8-5-6-10-21(18)22/h5-15,17H,16H2,1-4H3. The molecule has 3 aromatic rings. The van der Waals surface area contributed by atoms with Crippen LogP contribution in [0.1, 0.15) is 18.1 Å². The number of likely N-dealkylation sites (N-methyl/N-ethyl adjacent to an activating group) is 1. The van der Waals surface area contributed by atoms with E-state index in [1.165, 1.54) is 15.7 Å². The zero-order chi connectivity index (χ0) is 19.2. The number of nitrogens with zero attached hydrogens (tertiary/aromatic N) is 2. The van der Waals surface area contributed by atoms with Crippen LogP contribution in [0.2, 0.25) is 0 Å². The van der Waals surface area contributed by atoms with Crippen molar-refractivity contribution in [3.63, 3.8) is 0 Å². The minimum atomic E-state index is 0.00967. The SMILES string of the molecule is CSc1ccc(C(=NOC(C)CN(C)C)c2cccc3ccccc23)cc1. The maximum absolute atomic E-state index is 5.87. The summed E-state index contributed by atoms with van der Waals surface area (Å²) in [5, 5.41) is 6.98. The molecule has 0 N–H and O–H groups in total. The molecule has 0 saturated heterocycles. The number of rotatable bonds is 7. The Labute approximate surface area is 166 Å². The molecule has 3 nitrogen and oxygen atoms in total. The highest BCUT2D eigenvalue weighted by Crippen LogP contribution is 2.24. The minimum Gasteiger partial charge on any atom is -0.391 e. The van der Waals surface area contributed by atoms with Crippen LogP contribution in [0.4, 0.5) is 0 Å². The number of oxime groups is 1. The molecular weight excluding hydrogens is 352 g/mol. The Morgan fingerprint density at radius 1 is 1.00 bits per heavy atom. The first kappa shape index (κ1) is 19.5. The molecule has 0 aromatic heterocycles. The van der Waals surface area contributed by atoms with Crippen molar-refractivity contribution in [1.29, 1.82) is 0 Å². The van der Waals surface area contributed by atoms with E-state index in [1.54, 1.807) is 11.8 Å². The smallest absolute Gasteiger partial charge is 0.137 e. The first-order valence-electron chi connectivity index (χ1n) is 9.09. The largest absolute Gasteiger partial charge is 0.391 e. The summed E-state index contributed by atoms with van der Waals surface area (Å²) in [4.78, 5) is 9.21. The Morgan fingerprint density at radius 3 is 2.41 bits per heavy atom. The Balaban J connectivity index is 2.05. The lowest BCUT2D eigenvalue weighted by molar-refractivity contribution is 0.0537. The first-order valence-corrected chi connectivity index (χ1v) is 10.3. The fraction of sp³-hybridized carbons (Fsp3) is 0.261. The van der Waals surface area contributed by atoms with E-state index in [0.717, 1.165) is 23.4 Å². The summed E-state index contributed by atoms with van der Waals surface area (Å²) in [6.45, 7) is 2.86. The second-order valence-corrected chi connectivity index (χ2v) is 7.75. The highest BCUT2D eigenvalue weighted by Gasteiger charge is 2.13. The van der Waals surface area contributed by atoms with Gasteiger partial charge in [-0.15, -0.1) is 11.8 Å². The second-order valence-electron chi connectivity index (χ2n) is 6.87. The van der Waals surface area contributed by atoms with E-state index in [4.69, 9.17) is 4.84 Å². The highest BCUT2D eigenvalue weighted by molar-refractivity contribution is 7.98. The Kier molecular flexibility index (Phi) is 6.54. The minimum absolute atomic E-state index is 0.00967. The van der Waals surface area contributed by atoms with Crippen LogP contribution in [0.5, 0.6) is 0 Å². The van der Waals surface area contributed by atoms with Crippen LogP contribution in [-0.2, 0) is 4.84 Å². The van der Waals surface area contributed by atoms with Crippen molar-refractivity contribution in [2.75, 3.05) is 26.9 Å². The van der Waals surface area contributed by atoms with Crippen LogP contribution >= 0.6 is 11.8 Å². The Hall–Kier alpha value is -2.30. The molecule has 0 aliphatic heterocycles. The average Bonchev–Trinajstić information content (AvgIpc) is 2.68. The third kappa shape index (κ3) is 4.90. The van der Waals surface area contributed by atoms with Crippen LogP contribution in [0.3, 0.4) is 0 Å². The molecule has 0 heterocycles. The molecule has 1 atom stereocenters. The van der Waals surface area contributed by atoms with Gasteiger partial charge in [-0.2, -0.15) is 0 Å². The molecule has 4 heteroatoms. The first-order chi connectivity index (χ1) is 13.1. The number of thioether (sulfide) groups is 1. The third-order valence-corrected chi connectivity index (χ3v) is 5.10. The predicted octanol–water partition coefficient (Wildman–Crippen LogP) is 5.28. The van der Waals surface area contributed by atoms with E-state index in [1.807, 2.05) is 21.0 Å². The molecule has 0 aliphatic rings. The summed E-state index contributed by atoms with van der Waals surface area (Å²) in [7, 11) is 4.08. The predicted molar refractivity (Wildman–Crippen MR) is 117 cm³/mol. The molecule has 0 spiro atoms. The molecular formula is C23H26N2OS. The van der Waals surface area contributed by atoms with E-state index in [0.29, 0.717) is 0 Å². The Morgan fingerprint density at radius 2 is 1.70 bits per heavy atom. The Bertz CT molecular complexity index is 914. The topological polar surface area (TPSA) is 24.8 Å². The van der Waals surface area contributed by atoms with Gasteiger partial charge < -0.3 is 9.74 Å². The molecule has 3 rings (SSSR count). The second kappa shape index (κ2) is 9.07. The van der Waals surface area contributed by atoms with Crippen molar-refractivity contribution in [3.8, 4) is 0 Å². The fourth-order valence-corrected chi connectivity index (χ4v) is 3.54. The van der Waals surface area contributed by atoms with Crippen molar-refractivity contribution in [2.45, 2.75) is 17.9 Å². The average molecular weight is 379 g/mol. The summed E-state index contributed by atoms with van der Waals surface area (Å²) >= 11 is 1.74. The lowest BCUT2D eigenvalue weighted by Gasteiger charge is -2.17. The summed E-state index contributed by atoms with van der Waals surface area (Å²) < 4.78 is 0. The molecule has 27 heavy (non-hydrogen) atoms. The summed E-state index contributed by atoms with van der Waals surface area (Å²) in [5.41, 5.74) is 3.01. The van der Waals surface area contributed by atoms with Gasteiger partial charge in [0.2, 0.25) is 0 Å². The van der Waals surface area contributed by atoms with E-state index < -0.39 is 0 Å². The molecule has 0 saturated carbocycles. The van der Waals surface area contributed by atoms with Crippen LogP contribution in [0.25, 0.3) is 10.8 Å². The number of benzene rings is 3. The summed E-state index contributed by atoms with van der Waals surface area (Å²) in [6, 6.07) is 23.2. The van der Waals surface area contributed by atoms with Gasteiger partial charge in [0, 0.05) is 22.6 Å². The van der Waals surface area contributed by atoms with E-state index in [2.05, 4.69) is 83.0 Å². The van der Waals surface area contributed by atoms with Gasteiger partial charge in [-0.3, -0.25) is 0 Å². The normalized spacial score (nSPS) is 13.1. The van der Waals surface area contributed by atoms with E-state index >= 15 is 0 Å². The molecule has 3 aromatic carbocycles. The molecule has 0 amide bonds. The molecule has 0 fully saturated rings. The van der Waals surface area contributed by atoms with Crippen molar-refractivity contribution in [2.24, 2.45) is 5.16 Å². The van der Waals surface area contributed by atoms with Crippen molar-refractivity contribution in [1.82, 2.24) is 4.90 Å². The molecule has 0 aliphatic carbocycles. The third-order valence-electron chi connectivity index (χ3n) is 4.35. The molecule has 1 unspecified atom stereocenters. The van der Waals surface area contributed by atoms with Gasteiger partial charge >= 0.3 is 0 Å². The quantitative estimate of drug-likeness (QED) is 0.318. The fourth-order valence-electron chi connectivity index (χ4n) is 3.13. The van der Waals surface area contributed by atoms with Gasteiger partial charge in [-0.25, -0.2) is 0 Å². The van der Waals surface area contributed by atoms with Gasteiger partial charge in [-0.05, 0) is 50.2 Å². The van der Waals surface area contributed by atoms with E-state index in [-0.39, 0.29) is 6.10 Å². The van der Waals surface area contributed by atoms with Crippen LogP contribution in [0.15, 0.2) is 76.8 Å². The van der Waals surface area contributed by atoms with Crippen LogP contribution in [-0.4, -0.2) is 43.6 Å². The van der Waals surface area contributed by atoms with Crippen molar-refractivity contribution >= 4 is 28.2 Å². The van der Waals surface area contributed by atoms with Crippen LogP contribution < -0.4 is 0 Å². The zero-order valence-electron chi connectivity index (χ0n) is 16.3. The maximum Gasteiger partial charge on any atom is 0.137 e. The highest BCUT2D eigenvalue weighted by atomic mass is 32.2. The van der Waals surface area contributed by atoms with Gasteiger partial charge in [0.25, 0.3) is 0 Å². The van der Waals surface area contributed by atoms with Gasteiger partial charge in [-0.1, -0.05) is 59.8 Å². The van der Waals surface area contributed by atoms with Crippen molar-refractivity contribution in [3.05, 3.63) is 77.9 Å². The van der Waals surface area contributed by atoms with E-state index in [9.17, 15) is 0 Å². The number of fused-ring (bicyclic) bond motifs is 1. The molecule has 140 valence electrons. The lowest BCUT2D eigenvalue weighted by atomic mass is 9.96. The zero-order valence-corrected chi connectivity index (χ0v) is 17.2. The molecule has 0 bridgehead atoms. The van der Waals surface area contributed by atoms with Gasteiger partial charge in [0.05, 0.1) is 0 Å². The summed E-state index contributed by atoms with van der Waals surface area (Å²) in [5.74, 6) is 0. The lowest BCUT2D eigenvalue weighted by Crippen LogP contribution is -2.25.